The number of nitro benzene ring substituents is 1. The molecule has 1 aliphatic rings. The minimum Gasteiger partial charge on any atom is -0.329 e. The third-order valence-corrected chi connectivity index (χ3v) is 4.34. The second-order valence-corrected chi connectivity index (χ2v) is 6.13. The van der Waals surface area contributed by atoms with Gasteiger partial charge in [0.25, 0.3) is 5.69 Å². The topological polar surface area (TPSA) is 92.6 Å². The summed E-state index contributed by atoms with van der Waals surface area (Å²) < 4.78 is 0. The Morgan fingerprint density at radius 1 is 1.30 bits per heavy atom. The van der Waals surface area contributed by atoms with Crippen LogP contribution < -0.4 is 5.32 Å². The standard InChI is InChI=1S/C15H18ClN3O4/c1-9-4-3-5-10(2)18(9)15(21)14(20)17-11-6-7-12(16)13(8-11)19(22)23/h6-10H,3-5H2,1-2H3,(H,17,20). The van der Waals surface area contributed by atoms with E-state index in [1.165, 1.54) is 12.1 Å². The number of halogens is 1. The van der Waals surface area contributed by atoms with E-state index in [1.807, 2.05) is 13.8 Å². The van der Waals surface area contributed by atoms with Crippen molar-refractivity contribution in [2.75, 3.05) is 5.32 Å². The van der Waals surface area contributed by atoms with Crippen molar-refractivity contribution in [2.24, 2.45) is 0 Å². The average molecular weight is 340 g/mol. The maximum Gasteiger partial charge on any atom is 0.313 e. The molecule has 0 radical (unpaired) electrons. The Bertz CT molecular complexity index is 640. The molecule has 2 rings (SSSR count). The van der Waals surface area contributed by atoms with Crippen molar-refractivity contribution in [3.05, 3.63) is 33.3 Å². The first-order valence-corrected chi connectivity index (χ1v) is 7.76. The number of nitrogens with one attached hydrogen (secondary N) is 1. The number of amides is 2. The second kappa shape index (κ2) is 6.95. The molecule has 8 heteroatoms. The number of hydrogen-bond donors (Lipinski definition) is 1. The molecule has 2 unspecified atom stereocenters. The Kier molecular flexibility index (Phi) is 5.20. The van der Waals surface area contributed by atoms with Gasteiger partial charge < -0.3 is 10.2 Å². The van der Waals surface area contributed by atoms with Crippen LogP contribution in [0.1, 0.15) is 33.1 Å². The van der Waals surface area contributed by atoms with Crippen molar-refractivity contribution in [2.45, 2.75) is 45.2 Å². The molecular formula is C15H18ClN3O4. The summed E-state index contributed by atoms with van der Waals surface area (Å²) in [5.41, 5.74) is -0.159. The molecule has 124 valence electrons. The van der Waals surface area contributed by atoms with Crippen molar-refractivity contribution < 1.29 is 14.5 Å². The van der Waals surface area contributed by atoms with Gasteiger partial charge in [-0.05, 0) is 45.2 Å². The van der Waals surface area contributed by atoms with Crippen LogP contribution in [0.5, 0.6) is 0 Å². The summed E-state index contributed by atoms with van der Waals surface area (Å²) in [5, 5.41) is 13.2. The lowest BCUT2D eigenvalue weighted by Gasteiger charge is -2.38. The molecule has 1 fully saturated rings. The molecule has 1 aromatic carbocycles. The molecule has 1 heterocycles. The Morgan fingerprint density at radius 3 is 2.48 bits per heavy atom. The molecule has 0 aliphatic carbocycles. The van der Waals surface area contributed by atoms with E-state index in [0.29, 0.717) is 0 Å². The number of carbonyl (C=O) groups excluding carboxylic acids is 2. The van der Waals surface area contributed by atoms with Gasteiger partial charge in [-0.1, -0.05) is 11.6 Å². The van der Waals surface area contributed by atoms with E-state index in [0.717, 1.165) is 25.3 Å². The normalized spacial score (nSPS) is 20.9. The molecule has 1 aliphatic heterocycles. The molecule has 0 aromatic heterocycles. The lowest BCUT2D eigenvalue weighted by atomic mass is 9.97. The first-order chi connectivity index (χ1) is 10.8. The maximum atomic E-state index is 12.4. The molecule has 0 bridgehead atoms. The largest absolute Gasteiger partial charge is 0.329 e. The van der Waals surface area contributed by atoms with E-state index in [-0.39, 0.29) is 28.5 Å². The molecule has 1 aromatic rings. The molecule has 0 spiro atoms. The summed E-state index contributed by atoms with van der Waals surface area (Å²) in [6, 6.07) is 3.86. The Balaban J connectivity index is 2.14. The zero-order valence-electron chi connectivity index (χ0n) is 12.9. The lowest BCUT2D eigenvalue weighted by Crippen LogP contribution is -2.51. The molecule has 2 atom stereocenters. The Labute approximate surface area is 138 Å². The van der Waals surface area contributed by atoms with Gasteiger partial charge in [0.15, 0.2) is 0 Å². The quantitative estimate of drug-likeness (QED) is 0.509. The highest BCUT2D eigenvalue weighted by Crippen LogP contribution is 2.28. The van der Waals surface area contributed by atoms with Gasteiger partial charge >= 0.3 is 11.8 Å². The maximum absolute atomic E-state index is 12.4. The summed E-state index contributed by atoms with van der Waals surface area (Å²) in [7, 11) is 0. The van der Waals surface area contributed by atoms with Crippen molar-refractivity contribution in [3.8, 4) is 0 Å². The van der Waals surface area contributed by atoms with Gasteiger partial charge in [-0.3, -0.25) is 19.7 Å². The van der Waals surface area contributed by atoms with Crippen molar-refractivity contribution in [3.63, 3.8) is 0 Å². The molecule has 1 N–H and O–H groups in total. The third kappa shape index (κ3) is 3.79. The van der Waals surface area contributed by atoms with Gasteiger partial charge in [0, 0.05) is 23.8 Å². The fraction of sp³-hybridized carbons (Fsp3) is 0.467. The van der Waals surface area contributed by atoms with Gasteiger partial charge in [0.05, 0.1) is 4.92 Å². The Morgan fingerprint density at radius 2 is 1.91 bits per heavy atom. The van der Waals surface area contributed by atoms with E-state index in [9.17, 15) is 19.7 Å². The zero-order chi connectivity index (χ0) is 17.1. The highest BCUT2D eigenvalue weighted by Gasteiger charge is 2.32. The van der Waals surface area contributed by atoms with E-state index in [2.05, 4.69) is 5.32 Å². The number of piperidine rings is 1. The number of hydrogen-bond acceptors (Lipinski definition) is 4. The van der Waals surface area contributed by atoms with E-state index in [4.69, 9.17) is 11.6 Å². The van der Waals surface area contributed by atoms with Gasteiger partial charge in [-0.15, -0.1) is 0 Å². The van der Waals surface area contributed by atoms with Gasteiger partial charge in [-0.2, -0.15) is 0 Å². The summed E-state index contributed by atoms with van der Waals surface area (Å²) in [4.78, 5) is 36.3. The first-order valence-electron chi connectivity index (χ1n) is 7.39. The first kappa shape index (κ1) is 17.2. The smallest absolute Gasteiger partial charge is 0.313 e. The summed E-state index contributed by atoms with van der Waals surface area (Å²) in [5.74, 6) is -1.43. The molecular weight excluding hydrogens is 322 g/mol. The van der Waals surface area contributed by atoms with Crippen molar-refractivity contribution >= 4 is 34.8 Å². The Hall–Kier alpha value is -2.15. The van der Waals surface area contributed by atoms with E-state index >= 15 is 0 Å². The summed E-state index contributed by atoms with van der Waals surface area (Å²) in [6.45, 7) is 3.82. The number of rotatable bonds is 2. The monoisotopic (exact) mass is 339 g/mol. The van der Waals surface area contributed by atoms with Gasteiger partial charge in [-0.25, -0.2) is 0 Å². The van der Waals surface area contributed by atoms with Crippen molar-refractivity contribution in [1.29, 1.82) is 0 Å². The van der Waals surface area contributed by atoms with Crippen LogP contribution in [0.25, 0.3) is 0 Å². The third-order valence-electron chi connectivity index (χ3n) is 4.02. The van der Waals surface area contributed by atoms with E-state index in [1.54, 1.807) is 4.90 Å². The zero-order valence-corrected chi connectivity index (χ0v) is 13.7. The molecule has 23 heavy (non-hydrogen) atoms. The second-order valence-electron chi connectivity index (χ2n) is 5.72. The fourth-order valence-corrected chi connectivity index (χ4v) is 3.04. The highest BCUT2D eigenvalue weighted by molar-refractivity contribution is 6.39. The van der Waals surface area contributed by atoms with Crippen LogP contribution in [0.4, 0.5) is 11.4 Å². The number of benzene rings is 1. The number of carbonyl (C=O) groups is 2. The summed E-state index contributed by atoms with van der Waals surface area (Å²) in [6.07, 6.45) is 2.74. The minimum absolute atomic E-state index is 0.00319. The number of nitrogens with zero attached hydrogens (tertiary/aromatic N) is 2. The fourth-order valence-electron chi connectivity index (χ4n) is 2.85. The van der Waals surface area contributed by atoms with Crippen LogP contribution in [0.3, 0.4) is 0 Å². The van der Waals surface area contributed by atoms with Crippen LogP contribution in [0.2, 0.25) is 5.02 Å². The van der Waals surface area contributed by atoms with Crippen molar-refractivity contribution in [1.82, 2.24) is 4.90 Å². The van der Waals surface area contributed by atoms with Crippen LogP contribution in [-0.4, -0.2) is 33.7 Å². The highest BCUT2D eigenvalue weighted by atomic mass is 35.5. The minimum atomic E-state index is -0.803. The molecule has 0 saturated carbocycles. The van der Waals surface area contributed by atoms with Gasteiger partial charge in [0.1, 0.15) is 5.02 Å². The van der Waals surface area contributed by atoms with Crippen LogP contribution in [0, 0.1) is 10.1 Å². The number of anilines is 1. The van der Waals surface area contributed by atoms with E-state index < -0.39 is 16.7 Å². The van der Waals surface area contributed by atoms with Crippen LogP contribution in [-0.2, 0) is 9.59 Å². The molecule has 1 saturated heterocycles. The number of likely N-dealkylation sites (tertiary alicyclic amines) is 1. The SMILES string of the molecule is CC1CCCC(C)N1C(=O)C(=O)Nc1ccc(Cl)c([N+](=O)[O-])c1. The molecule has 7 nitrogen and oxygen atoms in total. The molecule has 2 amide bonds. The average Bonchev–Trinajstić information content (AvgIpc) is 2.48. The van der Waals surface area contributed by atoms with Crippen LogP contribution in [0.15, 0.2) is 18.2 Å². The predicted molar refractivity (Wildman–Crippen MR) is 86.4 cm³/mol. The number of nitro groups is 1. The van der Waals surface area contributed by atoms with Crippen LogP contribution >= 0.6 is 11.6 Å². The summed E-state index contributed by atoms with van der Waals surface area (Å²) >= 11 is 5.72. The predicted octanol–water partition coefficient (Wildman–Crippen LogP) is 2.98. The van der Waals surface area contributed by atoms with Gasteiger partial charge in [0.2, 0.25) is 0 Å². The lowest BCUT2D eigenvalue weighted by molar-refractivity contribution is -0.384.